The van der Waals surface area contributed by atoms with E-state index in [2.05, 4.69) is 11.6 Å². The van der Waals surface area contributed by atoms with Gasteiger partial charge in [-0.2, -0.15) is 0 Å². The van der Waals surface area contributed by atoms with Crippen LogP contribution in [-0.2, 0) is 9.47 Å². The molecule has 1 saturated heterocycles. The maximum absolute atomic E-state index is 10.4. The van der Waals surface area contributed by atoms with Crippen LogP contribution in [0.25, 0.3) is 6.08 Å². The second-order valence-corrected chi connectivity index (χ2v) is 3.40. The van der Waals surface area contributed by atoms with Crippen molar-refractivity contribution in [2.75, 3.05) is 32.2 Å². The zero-order chi connectivity index (χ0) is 13.4. The number of nitrogens with two attached hydrogens (primary N) is 1. The monoisotopic (exact) mass is 252 g/mol. The van der Waals surface area contributed by atoms with Crippen molar-refractivity contribution in [1.82, 2.24) is 4.98 Å². The molecule has 3 N–H and O–H groups in total. The third-order valence-corrected chi connectivity index (χ3v) is 2.11. The molecule has 1 aromatic heterocycles. The van der Waals surface area contributed by atoms with Gasteiger partial charge in [-0.1, -0.05) is 6.58 Å². The lowest BCUT2D eigenvalue weighted by Crippen LogP contribution is -2.16. The summed E-state index contributed by atoms with van der Waals surface area (Å²) >= 11 is 0. The van der Waals surface area contributed by atoms with E-state index in [0.717, 1.165) is 26.4 Å². The highest BCUT2D eigenvalue weighted by molar-refractivity contribution is 5.86. The van der Waals surface area contributed by atoms with E-state index in [4.69, 9.17) is 20.3 Å². The number of nitrogen functional groups attached to an aromatic ring is 1. The molecule has 0 aliphatic carbocycles. The normalized spacial score (nSPS) is 14.2. The Morgan fingerprint density at radius 3 is 2.28 bits per heavy atom. The van der Waals surface area contributed by atoms with Gasteiger partial charge in [0.25, 0.3) is 0 Å². The summed E-state index contributed by atoms with van der Waals surface area (Å²) in [6.07, 6.45) is 1.42. The minimum absolute atomic E-state index is 0.0286. The minimum Gasteiger partial charge on any atom is -0.477 e. The highest BCUT2D eigenvalue weighted by atomic mass is 16.6. The third-order valence-electron chi connectivity index (χ3n) is 2.11. The van der Waals surface area contributed by atoms with Crippen molar-refractivity contribution in [3.05, 3.63) is 30.1 Å². The first-order chi connectivity index (χ1) is 8.65. The van der Waals surface area contributed by atoms with Gasteiger partial charge in [0, 0.05) is 0 Å². The highest BCUT2D eigenvalue weighted by Crippen LogP contribution is 2.10. The SMILES string of the molecule is C1COCCO1.C=Cc1nc(C(=O)O)ccc1N. The summed E-state index contributed by atoms with van der Waals surface area (Å²) in [6.45, 7) is 6.57. The Kier molecular flexibility index (Phi) is 5.83. The van der Waals surface area contributed by atoms with Crippen molar-refractivity contribution in [3.63, 3.8) is 0 Å². The van der Waals surface area contributed by atoms with Crippen LogP contribution in [0.3, 0.4) is 0 Å². The van der Waals surface area contributed by atoms with Crippen LogP contribution in [0, 0.1) is 0 Å². The maximum atomic E-state index is 10.4. The molecule has 0 saturated carbocycles. The predicted molar refractivity (Wildman–Crippen MR) is 67.3 cm³/mol. The highest BCUT2D eigenvalue weighted by Gasteiger charge is 2.05. The van der Waals surface area contributed by atoms with Gasteiger partial charge in [0.2, 0.25) is 0 Å². The smallest absolute Gasteiger partial charge is 0.354 e. The Morgan fingerprint density at radius 1 is 1.33 bits per heavy atom. The quantitative estimate of drug-likeness (QED) is 0.816. The Balaban J connectivity index is 0.000000225. The van der Waals surface area contributed by atoms with Crippen LogP contribution in [-0.4, -0.2) is 42.5 Å². The second kappa shape index (κ2) is 7.41. The third kappa shape index (κ3) is 4.52. The molecule has 0 unspecified atom stereocenters. The van der Waals surface area contributed by atoms with Crippen molar-refractivity contribution in [1.29, 1.82) is 0 Å². The molecule has 18 heavy (non-hydrogen) atoms. The molecular weight excluding hydrogens is 236 g/mol. The molecule has 6 nitrogen and oxygen atoms in total. The Labute approximate surface area is 105 Å². The largest absolute Gasteiger partial charge is 0.477 e. The number of hydrogen-bond acceptors (Lipinski definition) is 5. The number of rotatable bonds is 2. The van der Waals surface area contributed by atoms with Crippen molar-refractivity contribution in [3.8, 4) is 0 Å². The van der Waals surface area contributed by atoms with Crippen molar-refractivity contribution in [2.24, 2.45) is 0 Å². The predicted octanol–water partition coefficient (Wildman–Crippen LogP) is 1.04. The average molecular weight is 252 g/mol. The average Bonchev–Trinajstić information content (AvgIpc) is 2.41. The van der Waals surface area contributed by atoms with E-state index in [1.165, 1.54) is 18.2 Å². The van der Waals surface area contributed by atoms with E-state index >= 15 is 0 Å². The molecule has 98 valence electrons. The van der Waals surface area contributed by atoms with Gasteiger partial charge in [-0.3, -0.25) is 0 Å². The molecular formula is C12H16N2O4. The van der Waals surface area contributed by atoms with E-state index in [0.29, 0.717) is 11.4 Å². The van der Waals surface area contributed by atoms with Gasteiger partial charge in [0.05, 0.1) is 37.8 Å². The summed E-state index contributed by atoms with van der Waals surface area (Å²) in [6, 6.07) is 2.85. The Hall–Kier alpha value is -1.92. The van der Waals surface area contributed by atoms with E-state index < -0.39 is 5.97 Å². The lowest BCUT2D eigenvalue weighted by Gasteiger charge is -2.09. The molecule has 1 aliphatic heterocycles. The number of hydrogen-bond donors (Lipinski definition) is 2. The fourth-order valence-electron chi connectivity index (χ4n) is 1.21. The van der Waals surface area contributed by atoms with Crippen LogP contribution in [0.2, 0.25) is 0 Å². The van der Waals surface area contributed by atoms with Gasteiger partial charge in [-0.15, -0.1) is 0 Å². The lowest BCUT2D eigenvalue weighted by atomic mass is 10.2. The van der Waals surface area contributed by atoms with Gasteiger partial charge in [0.15, 0.2) is 0 Å². The van der Waals surface area contributed by atoms with Gasteiger partial charge in [-0.05, 0) is 18.2 Å². The lowest BCUT2D eigenvalue weighted by molar-refractivity contribution is -0.0334. The Bertz CT molecular complexity index is 405. The number of nitrogens with zero attached hydrogens (tertiary/aromatic N) is 1. The second-order valence-electron chi connectivity index (χ2n) is 3.40. The number of anilines is 1. The minimum atomic E-state index is -1.07. The summed E-state index contributed by atoms with van der Waals surface area (Å²) < 4.78 is 9.89. The molecule has 0 spiro atoms. The summed E-state index contributed by atoms with van der Waals surface area (Å²) in [7, 11) is 0. The molecule has 2 heterocycles. The molecule has 0 radical (unpaired) electrons. The van der Waals surface area contributed by atoms with Crippen LogP contribution in [0.15, 0.2) is 18.7 Å². The molecule has 2 rings (SSSR count). The van der Waals surface area contributed by atoms with Gasteiger partial charge >= 0.3 is 5.97 Å². The molecule has 0 atom stereocenters. The van der Waals surface area contributed by atoms with Crippen molar-refractivity contribution in [2.45, 2.75) is 0 Å². The zero-order valence-electron chi connectivity index (χ0n) is 9.96. The summed E-state index contributed by atoms with van der Waals surface area (Å²) in [4.78, 5) is 14.2. The van der Waals surface area contributed by atoms with Crippen LogP contribution in [0.5, 0.6) is 0 Å². The molecule has 1 fully saturated rings. The van der Waals surface area contributed by atoms with E-state index in [-0.39, 0.29) is 5.69 Å². The van der Waals surface area contributed by atoms with Gasteiger partial charge < -0.3 is 20.3 Å². The molecule has 1 aromatic rings. The fourth-order valence-corrected chi connectivity index (χ4v) is 1.21. The first-order valence-corrected chi connectivity index (χ1v) is 5.43. The number of ether oxygens (including phenoxy) is 2. The van der Waals surface area contributed by atoms with Crippen LogP contribution >= 0.6 is 0 Å². The van der Waals surface area contributed by atoms with E-state index in [9.17, 15) is 4.79 Å². The zero-order valence-corrected chi connectivity index (χ0v) is 9.96. The summed E-state index contributed by atoms with van der Waals surface area (Å²) in [5, 5.41) is 8.56. The maximum Gasteiger partial charge on any atom is 0.354 e. The standard InChI is InChI=1S/C8H8N2O2.C4H8O2/c1-2-6-5(9)3-4-7(10-6)8(11)12;1-2-6-4-3-5-1/h2-4H,1,9H2,(H,11,12);1-4H2. The molecule has 6 heteroatoms. The van der Waals surface area contributed by atoms with Gasteiger partial charge in [0.1, 0.15) is 5.69 Å². The first kappa shape index (κ1) is 14.1. The number of aromatic nitrogens is 1. The van der Waals surface area contributed by atoms with Crippen LogP contribution in [0.1, 0.15) is 16.2 Å². The van der Waals surface area contributed by atoms with Crippen molar-refractivity contribution < 1.29 is 19.4 Å². The Morgan fingerprint density at radius 2 is 1.89 bits per heavy atom. The topological polar surface area (TPSA) is 94.7 Å². The molecule has 0 aromatic carbocycles. The van der Waals surface area contributed by atoms with E-state index in [1.54, 1.807) is 0 Å². The van der Waals surface area contributed by atoms with E-state index in [1.807, 2.05) is 0 Å². The first-order valence-electron chi connectivity index (χ1n) is 5.43. The van der Waals surface area contributed by atoms with Crippen LogP contribution in [0.4, 0.5) is 5.69 Å². The number of pyridine rings is 1. The van der Waals surface area contributed by atoms with Gasteiger partial charge in [-0.25, -0.2) is 9.78 Å². The molecule has 0 bridgehead atoms. The summed E-state index contributed by atoms with van der Waals surface area (Å²) in [5.74, 6) is -1.07. The number of carbonyl (C=O) groups is 1. The summed E-state index contributed by atoms with van der Waals surface area (Å²) in [5.41, 5.74) is 6.27. The molecule has 1 aliphatic rings. The number of aromatic carboxylic acids is 1. The van der Waals surface area contributed by atoms with Crippen molar-refractivity contribution >= 4 is 17.7 Å². The van der Waals surface area contributed by atoms with Crippen LogP contribution < -0.4 is 5.73 Å². The number of carboxylic acid groups (broad SMARTS) is 1. The fraction of sp³-hybridized carbons (Fsp3) is 0.333. The number of carboxylic acids is 1. The molecule has 0 amide bonds.